The highest BCUT2D eigenvalue weighted by molar-refractivity contribution is 7.71. The summed E-state index contributed by atoms with van der Waals surface area (Å²) >= 11 is 5.36. The van der Waals surface area contributed by atoms with Crippen molar-refractivity contribution in [3.8, 4) is 28.6 Å². The molecule has 1 aromatic heterocycles. The number of aromatic amines is 1. The number of methoxy groups -OCH3 is 1. The zero-order chi connectivity index (χ0) is 17.9. The Balaban J connectivity index is 1.60. The highest BCUT2D eigenvalue weighted by atomic mass is 32.1. The topological polar surface area (TPSA) is 73.3 Å². The molecule has 3 aromatic rings. The standard InChI is InChI=1S/C18H18N4O3S/c1-23-14-5-3-2-4-13(14)17-20-21-18(26)22(17)19-11-12-6-7-15-16(10-12)25-9-8-24-15/h2-7,10,19H,8-9,11H2,1H3,(H,21,26). The van der Waals surface area contributed by atoms with Gasteiger partial charge in [-0.15, -0.1) is 0 Å². The maximum absolute atomic E-state index is 5.63. The first-order chi connectivity index (χ1) is 12.8. The number of fused-ring (bicyclic) bond motifs is 1. The van der Waals surface area contributed by atoms with Crippen molar-refractivity contribution in [3.63, 3.8) is 0 Å². The lowest BCUT2D eigenvalue weighted by Crippen LogP contribution is -2.18. The van der Waals surface area contributed by atoms with Crippen LogP contribution in [0.4, 0.5) is 0 Å². The Labute approximate surface area is 155 Å². The van der Waals surface area contributed by atoms with Gasteiger partial charge in [0.25, 0.3) is 0 Å². The molecule has 4 rings (SSSR count). The molecule has 7 nitrogen and oxygen atoms in total. The molecule has 0 radical (unpaired) electrons. The minimum atomic E-state index is 0.475. The quantitative estimate of drug-likeness (QED) is 0.672. The van der Waals surface area contributed by atoms with Crippen LogP contribution in [0.3, 0.4) is 0 Å². The van der Waals surface area contributed by atoms with Crippen molar-refractivity contribution in [2.45, 2.75) is 6.54 Å². The van der Waals surface area contributed by atoms with Gasteiger partial charge in [0.2, 0.25) is 4.77 Å². The van der Waals surface area contributed by atoms with Crippen LogP contribution in [0.2, 0.25) is 0 Å². The molecule has 2 heterocycles. The lowest BCUT2D eigenvalue weighted by Gasteiger charge is -2.19. The lowest BCUT2D eigenvalue weighted by molar-refractivity contribution is 0.171. The number of aromatic nitrogens is 3. The Morgan fingerprint density at radius 1 is 1.19 bits per heavy atom. The van der Waals surface area contributed by atoms with Crippen LogP contribution in [0.1, 0.15) is 5.56 Å². The highest BCUT2D eigenvalue weighted by Crippen LogP contribution is 2.31. The summed E-state index contributed by atoms with van der Waals surface area (Å²) in [7, 11) is 1.63. The van der Waals surface area contributed by atoms with Crippen LogP contribution in [0.15, 0.2) is 42.5 Å². The average molecular weight is 370 g/mol. The van der Waals surface area contributed by atoms with Crippen LogP contribution in [0.25, 0.3) is 11.4 Å². The molecule has 8 heteroatoms. The van der Waals surface area contributed by atoms with Crippen molar-refractivity contribution in [1.82, 2.24) is 14.9 Å². The molecule has 0 amide bonds. The van der Waals surface area contributed by atoms with Crippen molar-refractivity contribution in [1.29, 1.82) is 0 Å². The molecule has 0 atom stereocenters. The molecule has 26 heavy (non-hydrogen) atoms. The molecular weight excluding hydrogens is 352 g/mol. The van der Waals surface area contributed by atoms with Crippen LogP contribution >= 0.6 is 12.2 Å². The van der Waals surface area contributed by atoms with Gasteiger partial charge in [0, 0.05) is 0 Å². The molecule has 0 bridgehead atoms. The minimum absolute atomic E-state index is 0.475. The smallest absolute Gasteiger partial charge is 0.214 e. The number of para-hydroxylation sites is 1. The number of nitrogens with zero attached hydrogens (tertiary/aromatic N) is 2. The molecule has 1 aliphatic heterocycles. The Morgan fingerprint density at radius 2 is 2.00 bits per heavy atom. The van der Waals surface area contributed by atoms with Crippen molar-refractivity contribution < 1.29 is 14.2 Å². The Bertz CT molecular complexity index is 983. The number of ether oxygens (including phenoxy) is 3. The molecule has 0 aliphatic carbocycles. The largest absolute Gasteiger partial charge is 0.496 e. The molecule has 0 unspecified atom stereocenters. The number of hydrogen-bond donors (Lipinski definition) is 2. The molecular formula is C18H18N4O3S. The Kier molecular flexibility index (Phi) is 4.49. The molecule has 2 N–H and O–H groups in total. The summed E-state index contributed by atoms with van der Waals surface area (Å²) in [5.74, 6) is 2.92. The van der Waals surface area contributed by atoms with Crippen LogP contribution in [-0.2, 0) is 6.54 Å². The van der Waals surface area contributed by atoms with Gasteiger partial charge in [-0.1, -0.05) is 18.2 Å². The fourth-order valence-corrected chi connectivity index (χ4v) is 3.02. The van der Waals surface area contributed by atoms with Crippen molar-refractivity contribution in [2.75, 3.05) is 25.7 Å². The first-order valence-electron chi connectivity index (χ1n) is 8.19. The van der Waals surface area contributed by atoms with E-state index in [1.807, 2.05) is 42.5 Å². The zero-order valence-electron chi connectivity index (χ0n) is 14.2. The normalized spacial score (nSPS) is 12.7. The van der Waals surface area contributed by atoms with E-state index < -0.39 is 0 Å². The van der Waals surface area contributed by atoms with Crippen LogP contribution < -0.4 is 19.6 Å². The Morgan fingerprint density at radius 3 is 2.85 bits per heavy atom. The monoisotopic (exact) mass is 370 g/mol. The van der Waals surface area contributed by atoms with Gasteiger partial charge in [-0.25, -0.2) is 9.77 Å². The van der Waals surface area contributed by atoms with E-state index in [1.165, 1.54) is 0 Å². The summed E-state index contributed by atoms with van der Waals surface area (Å²) < 4.78 is 18.8. The summed E-state index contributed by atoms with van der Waals surface area (Å²) in [5, 5.41) is 7.16. The van der Waals surface area contributed by atoms with E-state index in [9.17, 15) is 0 Å². The fourth-order valence-electron chi connectivity index (χ4n) is 2.82. The summed E-state index contributed by atoms with van der Waals surface area (Å²) in [6, 6.07) is 13.5. The number of H-pyrrole nitrogens is 1. The van der Waals surface area contributed by atoms with Gasteiger partial charge in [0.15, 0.2) is 17.3 Å². The summed E-state index contributed by atoms with van der Waals surface area (Å²) in [6.07, 6.45) is 0. The molecule has 1 aliphatic rings. The van der Waals surface area contributed by atoms with E-state index >= 15 is 0 Å². The predicted molar refractivity (Wildman–Crippen MR) is 99.9 cm³/mol. The van der Waals surface area contributed by atoms with Gasteiger partial charge in [-0.3, -0.25) is 0 Å². The number of hydrogen-bond acceptors (Lipinski definition) is 6. The van der Waals surface area contributed by atoms with Crippen LogP contribution in [0, 0.1) is 4.77 Å². The van der Waals surface area contributed by atoms with Crippen LogP contribution in [-0.4, -0.2) is 35.2 Å². The second-order valence-electron chi connectivity index (χ2n) is 5.70. The minimum Gasteiger partial charge on any atom is -0.496 e. The average Bonchev–Trinajstić information content (AvgIpc) is 3.06. The van der Waals surface area contributed by atoms with E-state index in [0.29, 0.717) is 30.4 Å². The van der Waals surface area contributed by atoms with E-state index in [0.717, 1.165) is 28.4 Å². The molecule has 0 saturated carbocycles. The zero-order valence-corrected chi connectivity index (χ0v) is 15.0. The molecule has 0 saturated heterocycles. The van der Waals surface area contributed by atoms with E-state index in [-0.39, 0.29) is 0 Å². The lowest BCUT2D eigenvalue weighted by atomic mass is 10.2. The van der Waals surface area contributed by atoms with Gasteiger partial charge in [0.1, 0.15) is 19.0 Å². The number of rotatable bonds is 5. The highest BCUT2D eigenvalue weighted by Gasteiger charge is 2.14. The molecule has 0 spiro atoms. The first-order valence-corrected chi connectivity index (χ1v) is 8.60. The van der Waals surface area contributed by atoms with Crippen molar-refractivity contribution in [2.24, 2.45) is 0 Å². The summed E-state index contributed by atoms with van der Waals surface area (Å²) in [6.45, 7) is 1.69. The fraction of sp³-hybridized carbons (Fsp3) is 0.222. The van der Waals surface area contributed by atoms with Crippen molar-refractivity contribution in [3.05, 3.63) is 52.8 Å². The second kappa shape index (κ2) is 7.09. The van der Waals surface area contributed by atoms with Crippen molar-refractivity contribution >= 4 is 12.2 Å². The van der Waals surface area contributed by atoms with E-state index in [1.54, 1.807) is 11.8 Å². The third kappa shape index (κ3) is 3.11. The first kappa shape index (κ1) is 16.5. The van der Waals surface area contributed by atoms with Crippen LogP contribution in [0.5, 0.6) is 17.2 Å². The molecule has 134 valence electrons. The van der Waals surface area contributed by atoms with Gasteiger partial charge in [0.05, 0.1) is 19.2 Å². The summed E-state index contributed by atoms with van der Waals surface area (Å²) in [5.41, 5.74) is 5.19. The number of nitrogens with one attached hydrogen (secondary N) is 2. The van der Waals surface area contributed by atoms with Gasteiger partial charge < -0.3 is 19.6 Å². The summed E-state index contributed by atoms with van der Waals surface area (Å²) in [4.78, 5) is 0. The van der Waals surface area contributed by atoms with Gasteiger partial charge in [-0.2, -0.15) is 5.10 Å². The maximum Gasteiger partial charge on any atom is 0.214 e. The molecule has 0 fully saturated rings. The Hall–Kier alpha value is -3.00. The van der Waals surface area contributed by atoms with Gasteiger partial charge >= 0.3 is 0 Å². The maximum atomic E-state index is 5.63. The molecule has 2 aromatic carbocycles. The third-order valence-corrected chi connectivity index (χ3v) is 4.34. The third-order valence-electron chi connectivity index (χ3n) is 4.07. The van der Waals surface area contributed by atoms with E-state index in [4.69, 9.17) is 26.4 Å². The SMILES string of the molecule is COc1ccccc1-c1n[nH]c(=S)n1NCc1ccc2c(c1)OCCO2. The predicted octanol–water partition coefficient (Wildman–Crippen LogP) is 3.13. The second-order valence-corrected chi connectivity index (χ2v) is 6.09. The van der Waals surface area contributed by atoms with E-state index in [2.05, 4.69) is 15.6 Å². The number of benzene rings is 2. The van der Waals surface area contributed by atoms with Gasteiger partial charge in [-0.05, 0) is 42.0 Å².